The minimum Gasteiger partial charge on any atom is -0.465 e. The van der Waals surface area contributed by atoms with Crippen molar-refractivity contribution in [1.29, 1.82) is 0 Å². The summed E-state index contributed by atoms with van der Waals surface area (Å²) in [6, 6.07) is 5.64. The van der Waals surface area contributed by atoms with E-state index in [1.54, 1.807) is 0 Å². The summed E-state index contributed by atoms with van der Waals surface area (Å²) in [4.78, 5) is 12.6. The quantitative estimate of drug-likeness (QED) is 0.638. The van der Waals surface area contributed by atoms with Gasteiger partial charge in [0.05, 0.1) is 6.61 Å². The Morgan fingerprint density at radius 2 is 2.28 bits per heavy atom. The van der Waals surface area contributed by atoms with Gasteiger partial charge in [-0.3, -0.25) is 4.79 Å². The van der Waals surface area contributed by atoms with Gasteiger partial charge in [0.1, 0.15) is 5.25 Å². The van der Waals surface area contributed by atoms with E-state index in [1.165, 1.54) is 11.8 Å². The molecule has 100 valence electrons. The maximum Gasteiger partial charge on any atom is 0.321 e. The number of benzene rings is 1. The Morgan fingerprint density at radius 1 is 1.56 bits per heavy atom. The largest absolute Gasteiger partial charge is 0.465 e. The predicted molar refractivity (Wildman–Crippen MR) is 77.0 cm³/mol. The summed E-state index contributed by atoms with van der Waals surface area (Å²) in [5.41, 5.74) is 7.40. The van der Waals surface area contributed by atoms with Crippen LogP contribution in [0.3, 0.4) is 0 Å². The van der Waals surface area contributed by atoms with E-state index < -0.39 is 0 Å². The van der Waals surface area contributed by atoms with Gasteiger partial charge in [0.2, 0.25) is 0 Å². The normalized spacial score (nSPS) is 16.7. The molecule has 0 spiro atoms. The standard InChI is InChI=1S/C11H14N2O2S.C2H6/c1-2-15-11(14)10-6-13-8-5-7(12)3-4-9(8)16-10;1-2/h3-5,10,13H,2,6,12H2,1H3;1-2H3. The van der Waals surface area contributed by atoms with Crippen LogP contribution in [0.1, 0.15) is 20.8 Å². The monoisotopic (exact) mass is 268 g/mol. The SMILES string of the molecule is CC.CCOC(=O)C1CNc2cc(N)ccc2S1. The fourth-order valence-corrected chi connectivity index (χ4v) is 2.59. The average molecular weight is 268 g/mol. The van der Waals surface area contributed by atoms with Crippen LogP contribution in [0.25, 0.3) is 0 Å². The minimum atomic E-state index is -0.170. The molecule has 1 aliphatic rings. The highest BCUT2D eigenvalue weighted by Crippen LogP contribution is 2.36. The third-order valence-electron chi connectivity index (χ3n) is 2.30. The summed E-state index contributed by atoms with van der Waals surface area (Å²) in [5.74, 6) is -0.164. The first-order valence-corrected chi connectivity index (χ1v) is 7.05. The summed E-state index contributed by atoms with van der Waals surface area (Å²) < 4.78 is 5.00. The second kappa shape index (κ2) is 7.16. The van der Waals surface area contributed by atoms with Crippen LogP contribution >= 0.6 is 11.8 Å². The van der Waals surface area contributed by atoms with E-state index in [9.17, 15) is 4.79 Å². The molecule has 1 aliphatic heterocycles. The lowest BCUT2D eigenvalue weighted by molar-refractivity contribution is -0.142. The smallest absolute Gasteiger partial charge is 0.321 e. The van der Waals surface area contributed by atoms with Crippen LogP contribution in [-0.2, 0) is 9.53 Å². The fraction of sp³-hybridized carbons (Fsp3) is 0.462. The summed E-state index contributed by atoms with van der Waals surface area (Å²) in [5, 5.41) is 3.02. The van der Waals surface area contributed by atoms with Crippen LogP contribution in [0.4, 0.5) is 11.4 Å². The second-order valence-electron chi connectivity index (χ2n) is 3.50. The Balaban J connectivity index is 0.000000771. The Labute approximate surface area is 112 Å². The van der Waals surface area contributed by atoms with Crippen molar-refractivity contribution in [2.75, 3.05) is 24.2 Å². The van der Waals surface area contributed by atoms with Crippen molar-refractivity contribution in [3.05, 3.63) is 18.2 Å². The third kappa shape index (κ3) is 3.57. The number of hydrogen-bond donors (Lipinski definition) is 2. The van der Waals surface area contributed by atoms with Crippen molar-refractivity contribution >= 4 is 29.1 Å². The van der Waals surface area contributed by atoms with Crippen LogP contribution in [0, 0.1) is 0 Å². The molecule has 3 N–H and O–H groups in total. The zero-order valence-electron chi connectivity index (χ0n) is 11.0. The number of fused-ring (bicyclic) bond motifs is 1. The topological polar surface area (TPSA) is 64.3 Å². The van der Waals surface area contributed by atoms with Gasteiger partial charge >= 0.3 is 5.97 Å². The number of anilines is 2. The van der Waals surface area contributed by atoms with Gasteiger partial charge in [-0.25, -0.2) is 0 Å². The summed E-state index contributed by atoms with van der Waals surface area (Å²) in [7, 11) is 0. The molecule has 1 heterocycles. The lowest BCUT2D eigenvalue weighted by Gasteiger charge is -2.24. The molecule has 0 aromatic heterocycles. The van der Waals surface area contributed by atoms with Gasteiger partial charge < -0.3 is 15.8 Å². The van der Waals surface area contributed by atoms with Gasteiger partial charge in [-0.2, -0.15) is 0 Å². The number of ether oxygens (including phenoxy) is 1. The number of nitrogens with one attached hydrogen (secondary N) is 1. The van der Waals surface area contributed by atoms with Gasteiger partial charge in [-0.1, -0.05) is 13.8 Å². The molecular formula is C13H20N2O2S. The number of esters is 1. The highest BCUT2D eigenvalue weighted by atomic mass is 32.2. The highest BCUT2D eigenvalue weighted by molar-refractivity contribution is 8.00. The van der Waals surface area contributed by atoms with Crippen LogP contribution in [0.15, 0.2) is 23.1 Å². The van der Waals surface area contributed by atoms with E-state index in [4.69, 9.17) is 10.5 Å². The van der Waals surface area contributed by atoms with Gasteiger partial charge in [0.25, 0.3) is 0 Å². The number of rotatable bonds is 2. The molecule has 2 rings (SSSR count). The van der Waals surface area contributed by atoms with Crippen molar-refractivity contribution in [2.45, 2.75) is 30.9 Å². The number of thioether (sulfide) groups is 1. The number of carbonyl (C=O) groups excluding carboxylic acids is 1. The molecule has 0 amide bonds. The summed E-state index contributed by atoms with van der Waals surface area (Å²) in [6.07, 6.45) is 0. The van der Waals surface area contributed by atoms with Crippen LogP contribution < -0.4 is 11.1 Å². The van der Waals surface area contributed by atoms with E-state index in [1.807, 2.05) is 39.0 Å². The van der Waals surface area contributed by atoms with Gasteiger partial charge in [0, 0.05) is 22.8 Å². The minimum absolute atomic E-state index is 0.164. The van der Waals surface area contributed by atoms with Crippen molar-refractivity contribution in [1.82, 2.24) is 0 Å². The molecule has 18 heavy (non-hydrogen) atoms. The van der Waals surface area contributed by atoms with Crippen LogP contribution in [-0.4, -0.2) is 24.4 Å². The molecule has 4 nitrogen and oxygen atoms in total. The van der Waals surface area contributed by atoms with Gasteiger partial charge in [-0.15, -0.1) is 11.8 Å². The zero-order valence-corrected chi connectivity index (χ0v) is 11.8. The fourth-order valence-electron chi connectivity index (χ4n) is 1.55. The zero-order chi connectivity index (χ0) is 13.5. The first-order valence-electron chi connectivity index (χ1n) is 6.17. The summed E-state index contributed by atoms with van der Waals surface area (Å²) in [6.45, 7) is 6.82. The molecule has 1 atom stereocenters. The summed E-state index contributed by atoms with van der Waals surface area (Å²) >= 11 is 1.52. The molecule has 0 radical (unpaired) electrons. The Morgan fingerprint density at radius 3 is 2.94 bits per heavy atom. The number of nitrogens with two attached hydrogens (primary N) is 1. The van der Waals surface area contributed by atoms with Crippen molar-refractivity contribution in [3.63, 3.8) is 0 Å². The van der Waals surface area contributed by atoms with E-state index in [2.05, 4.69) is 5.32 Å². The van der Waals surface area contributed by atoms with Crippen LogP contribution in [0.2, 0.25) is 0 Å². The second-order valence-corrected chi connectivity index (χ2v) is 4.74. The average Bonchev–Trinajstić information content (AvgIpc) is 2.40. The predicted octanol–water partition coefficient (Wildman–Crippen LogP) is 2.74. The lowest BCUT2D eigenvalue weighted by atomic mass is 10.2. The van der Waals surface area contributed by atoms with Crippen molar-refractivity contribution in [2.24, 2.45) is 0 Å². The molecule has 0 saturated carbocycles. The van der Waals surface area contributed by atoms with Gasteiger partial charge in [-0.05, 0) is 25.1 Å². The van der Waals surface area contributed by atoms with Crippen molar-refractivity contribution in [3.8, 4) is 0 Å². The number of carbonyl (C=O) groups is 1. The molecule has 0 saturated heterocycles. The van der Waals surface area contributed by atoms with E-state index in [0.717, 1.165) is 16.3 Å². The van der Waals surface area contributed by atoms with Gasteiger partial charge in [0.15, 0.2) is 0 Å². The first-order chi connectivity index (χ1) is 8.70. The maximum atomic E-state index is 11.6. The first kappa shape index (κ1) is 14.7. The lowest BCUT2D eigenvalue weighted by Crippen LogP contribution is -2.30. The maximum absolute atomic E-state index is 11.6. The number of nitrogen functional groups attached to an aromatic ring is 1. The molecule has 0 aliphatic carbocycles. The molecule has 5 heteroatoms. The molecule has 1 unspecified atom stereocenters. The number of hydrogen-bond acceptors (Lipinski definition) is 5. The Kier molecular flexibility index (Phi) is 5.85. The van der Waals surface area contributed by atoms with Crippen LogP contribution in [0.5, 0.6) is 0 Å². The highest BCUT2D eigenvalue weighted by Gasteiger charge is 2.26. The third-order valence-corrected chi connectivity index (χ3v) is 3.55. The Hall–Kier alpha value is -1.36. The van der Waals surface area contributed by atoms with E-state index >= 15 is 0 Å². The molecule has 1 aromatic carbocycles. The van der Waals surface area contributed by atoms with E-state index in [0.29, 0.717) is 13.2 Å². The Bertz CT molecular complexity index is 410. The molecule has 0 fully saturated rings. The molecule has 1 aromatic rings. The van der Waals surface area contributed by atoms with E-state index in [-0.39, 0.29) is 11.2 Å². The molecule has 0 bridgehead atoms. The van der Waals surface area contributed by atoms with Crippen molar-refractivity contribution < 1.29 is 9.53 Å². The molecular weight excluding hydrogens is 248 g/mol.